The van der Waals surface area contributed by atoms with Gasteiger partial charge in [-0.25, -0.2) is 14.6 Å². The number of para-hydroxylation sites is 6. The summed E-state index contributed by atoms with van der Waals surface area (Å²) in [6.45, 7) is 26.8. The number of halogens is 7. The Morgan fingerprint density at radius 2 is 0.738 bits per heavy atom. The van der Waals surface area contributed by atoms with Crippen molar-refractivity contribution in [2.45, 2.75) is 170 Å². The zero-order valence-corrected chi connectivity index (χ0v) is 93.2. The first-order valence-electron chi connectivity index (χ1n) is 50.2. The molecule has 10 aromatic rings. The van der Waals surface area contributed by atoms with Gasteiger partial charge in [0.05, 0.1) is 154 Å². The van der Waals surface area contributed by atoms with Crippen LogP contribution in [0.5, 0.6) is 0 Å². The molecule has 3 radical (unpaired) electrons. The van der Waals surface area contributed by atoms with Crippen LogP contribution >= 0.6 is 140 Å². The molecule has 0 aliphatic carbocycles. The summed E-state index contributed by atoms with van der Waals surface area (Å²) < 4.78 is 117. The van der Waals surface area contributed by atoms with Gasteiger partial charge in [-0.15, -0.1) is 47.0 Å². The Morgan fingerprint density at radius 1 is 0.409 bits per heavy atom. The second-order valence-electron chi connectivity index (χ2n) is 26.5. The first-order chi connectivity index (χ1) is 73.9. The normalized spacial score (nSPS) is 10.4. The summed E-state index contributed by atoms with van der Waals surface area (Å²) in [5, 5.41) is 15.7. The number of benzene rings is 7. The van der Waals surface area contributed by atoms with Gasteiger partial charge in [0.2, 0.25) is 22.7 Å². The Balaban J connectivity index is -0.0000000873. The monoisotopic (exact) mass is 2380 g/mol. The molecule has 10 rings (SSSR count). The fourth-order valence-corrected chi connectivity index (χ4v) is 16.8. The molecule has 0 aliphatic rings. The molecule has 0 amide bonds. The van der Waals surface area contributed by atoms with Crippen LogP contribution in [0.25, 0.3) is 32.7 Å². The molecule has 0 atom stereocenters. The largest absolute Gasteiger partial charge is 1.00 e. The van der Waals surface area contributed by atoms with Gasteiger partial charge in [0.15, 0.2) is 11.3 Å². The maximum atomic E-state index is 12.5. The van der Waals surface area contributed by atoms with E-state index in [9.17, 15) is 62.3 Å². The van der Waals surface area contributed by atoms with Gasteiger partial charge in [-0.1, -0.05) is 245 Å². The Hall–Kier alpha value is -9.17. The topological polar surface area (TPSA) is 413 Å². The average molecular weight is 2390 g/mol. The van der Waals surface area contributed by atoms with Crippen molar-refractivity contribution >= 4 is 304 Å². The molecular formula is C103H157BCl7N7NaO23S7. The number of carbonyl (C=O) groups is 10. The smallest absolute Gasteiger partial charge is 0.763 e. The first-order valence-corrected chi connectivity index (χ1v) is 50.9. The van der Waals surface area contributed by atoms with Gasteiger partial charge >= 0.3 is 89.3 Å². The second kappa shape index (κ2) is 84.3. The van der Waals surface area contributed by atoms with E-state index in [0.29, 0.717) is 118 Å². The number of H-pyrrole nitrogens is 3. The number of aliphatic imine (C=N–C) groups is 2. The summed E-state index contributed by atoms with van der Waals surface area (Å²) in [5.41, 5.74) is 2.88. The van der Waals surface area contributed by atoms with Crippen LogP contribution in [0.2, 0.25) is 35.2 Å². The molecule has 0 fully saturated rings. The van der Waals surface area contributed by atoms with Crippen LogP contribution in [0.3, 0.4) is 0 Å². The van der Waals surface area contributed by atoms with Crippen LogP contribution in [-0.4, -0.2) is 192 Å². The molecule has 4 N–H and O–H groups in total. The molecule has 46 heteroatoms. The number of carboxylic acid groups (broad SMARTS) is 1. The summed E-state index contributed by atoms with van der Waals surface area (Å²) in [4.78, 5) is 173. The number of ether oxygens (including phenoxy) is 9. The summed E-state index contributed by atoms with van der Waals surface area (Å²) in [6.07, 6.45) is -0.290. The number of anilines is 1. The number of pyridine rings is 3. The number of fused-ring (bicyclic) bond motifs is 3. The van der Waals surface area contributed by atoms with Crippen molar-refractivity contribution in [1.82, 2.24) is 15.0 Å². The van der Waals surface area contributed by atoms with Crippen LogP contribution in [0, 0.1) is 17.8 Å². The van der Waals surface area contributed by atoms with Crippen molar-refractivity contribution in [3.63, 3.8) is 0 Å². The van der Waals surface area contributed by atoms with Gasteiger partial charge in [-0.2, -0.15) is 4.36 Å². The van der Waals surface area contributed by atoms with E-state index in [2.05, 4.69) is 51.2 Å². The number of aromatic nitrogens is 3. The molecule has 3 heterocycles. The third-order valence-corrected chi connectivity index (χ3v) is 23.9. The quantitative estimate of drug-likeness (QED) is 0.00335. The van der Waals surface area contributed by atoms with Gasteiger partial charge in [0.25, 0.3) is 0 Å². The molecule has 0 saturated heterocycles. The van der Waals surface area contributed by atoms with E-state index in [0.717, 1.165) is 22.0 Å². The summed E-state index contributed by atoms with van der Waals surface area (Å²) in [5.74, 6) is -8.16. The molecule has 30 nitrogen and oxygen atoms in total. The minimum atomic E-state index is -1.36. The van der Waals surface area contributed by atoms with Crippen LogP contribution in [-0.2, 0) is 106 Å². The molecule has 149 heavy (non-hydrogen) atoms. The summed E-state index contributed by atoms with van der Waals surface area (Å²) >= 11 is 62.5. The number of hydrogen-bond donors (Lipinski definition) is 4. The van der Waals surface area contributed by atoms with Gasteiger partial charge in [0, 0.05) is 77.5 Å². The van der Waals surface area contributed by atoms with Crippen molar-refractivity contribution in [1.29, 1.82) is 0 Å². The van der Waals surface area contributed by atoms with Gasteiger partial charge < -0.3 is 80.2 Å². The third kappa shape index (κ3) is 50.1. The van der Waals surface area contributed by atoms with E-state index in [1.807, 2.05) is 46.8 Å². The van der Waals surface area contributed by atoms with Crippen molar-refractivity contribution in [3.05, 3.63) is 235 Å². The molecule has 3 aromatic heterocycles. The van der Waals surface area contributed by atoms with E-state index in [1.165, 1.54) is 35.3 Å². The van der Waals surface area contributed by atoms with Crippen molar-refractivity contribution in [2.24, 2.45) is 32.1 Å². The number of esters is 9. The predicted octanol–water partition coefficient (Wildman–Crippen LogP) is 26.7. The Labute approximate surface area is 995 Å². The minimum absolute atomic E-state index is 0. The Morgan fingerprint density at radius 3 is 1.09 bits per heavy atom. The number of rotatable bonds is 34. The standard InChI is InChI=1S/2C16H20ClNO4S.C14H16ClNO4S.C14H14ClNO3S.C12H10ClNO3S.C11H10ClNOS.C7H12O4.C6H4ClNS.7CH4.B.Na.12H2/c1-4-21-15(19)13(16(20)22-5-2)14(23-6-3)18-12-10-8-7-9-11(12)17;1-4-18(12-10-8-7-9-11(12)17)14(23)13(15(19)21-5-2)16(20)22-6-3;1-3-19-13(17)11(14(18)20-4-2)12(21)16-10-8-6-5-7-9(10)15;1-3-19-14(18)10-12(17)8-6-5-7-9(15)11(8)16-13(10)20-4-2;1-2-18-11-8(12(16)17)10(15)6-4-3-5-7(13)9(6)14-11;1-2-15-10-6-9(14)7-4-3-5-8(12)11(7)13-10;1-3-10-6(8)5-7(9)11-4-2;7-5-3-1-2-4-6(5)8-9;;;;;;;;;;;;;;;;;;;;;/h2*7-10,13H,4-6H2,1-3H3;5-8,11H,3-4H2,1-2H3,(H,16,21);5-7H,3-4H2,1-2H3,(H,16,17);3-5H,2H2,1H3,(H,14,15)(H,16,17);3-6H,2H2,1H3,(H,13,14);3-5H2,1-2H3;1-4H;7*1H4;;;12*1H/q;;;;;;;;;;;;;;;;+1;;;;;;;;;;;;/p-1/i;;;;;;;;;;;;;;;;;7*1+1D;5*1+1. The van der Waals surface area contributed by atoms with Crippen LogP contribution in [0.1, 0.15) is 204 Å². The fourth-order valence-electron chi connectivity index (χ4n) is 11.3. The molecule has 837 valence electrons. The van der Waals surface area contributed by atoms with E-state index >= 15 is 0 Å². The molecule has 0 aliphatic heterocycles. The number of aromatic carboxylic acids is 1. The van der Waals surface area contributed by atoms with Gasteiger partial charge in [-0.3, -0.25) is 57.7 Å². The van der Waals surface area contributed by atoms with Crippen LogP contribution < -0.4 is 50.7 Å². The van der Waals surface area contributed by atoms with Crippen molar-refractivity contribution in [3.8, 4) is 0 Å². The zero-order valence-electron chi connectivity index (χ0n) is 94.1. The summed E-state index contributed by atoms with van der Waals surface area (Å²) in [7, 11) is 0. The number of carbonyl (C=O) groups excluding carboxylic acids is 9. The zero-order chi connectivity index (χ0) is 119. The van der Waals surface area contributed by atoms with E-state index in [4.69, 9.17) is 165 Å². The van der Waals surface area contributed by atoms with Crippen molar-refractivity contribution < 1.29 is 153 Å². The molecule has 7 aromatic carbocycles. The first kappa shape index (κ1) is 138. The number of carboxylic acids is 1. The number of aromatic amines is 3. The maximum Gasteiger partial charge on any atom is 1.00 e. The minimum Gasteiger partial charge on any atom is -0.763 e. The molecule has 0 unspecified atom stereocenters. The van der Waals surface area contributed by atoms with Crippen LogP contribution in [0.15, 0.2) is 202 Å². The predicted molar refractivity (Wildman–Crippen MR) is 648 cm³/mol. The van der Waals surface area contributed by atoms with E-state index < -0.39 is 82.9 Å². The second-order valence-corrected chi connectivity index (χ2v) is 35.5. The molecule has 0 bridgehead atoms. The van der Waals surface area contributed by atoms with Gasteiger partial charge in [-0.05, 0) is 177 Å². The number of hydrogen-bond acceptors (Lipinski definition) is 32. The number of nitrogens with one attached hydrogen (secondary N) is 3. The van der Waals surface area contributed by atoms with Crippen LogP contribution in [0.4, 0.5) is 22.7 Å². The maximum absolute atomic E-state index is 12.5. The number of thioether (sulfide) groups is 4. The SMILES string of the molecule is C.C.C.C.C.C.C.CCOC(=O)C(C(=O)OCC)C(=Nc1ccccc1Cl)SCC.CCOC(=O)C(C(=O)OCC)C(=S)N(CC)c1ccccc1Cl.CCOC(=O)C(C(=O)OCC)C([S-])=Nc1ccccc1Cl.CCOC(=O)CC(=O)OCC.CCOC(=O)c1c(SCC)[nH]c2c(Cl)cccc2c1=O.CCSc1[nH]c2c(Cl)cccc2c(=O)c1C(=O)O.CCSc1cc(=O)c2cccc(Cl)c2[nH]1.S=Nc1ccccc1Cl.[2HH].[2HH].[2HH].[2HH].[2HH].[2H][2H].[2H][2H].[2H][2H].[2H][2H].[2H][2H].[2H][2H].[2H][2H].[B].[Na+]. The number of thiocarbonyl (C=S) groups is 1. The molecular weight excluding hydrogens is 2210 g/mol. The Kier molecular flexibility index (Phi) is 78.0. The number of nitrogens with zero attached hydrogens (tertiary/aromatic N) is 4. The molecule has 0 saturated carbocycles. The fraction of sp³-hybridized carbons (Fsp3) is 0.379. The average Bonchev–Trinajstić information content (AvgIpc) is 0.775. The third-order valence-electron chi connectivity index (χ3n) is 17.2. The van der Waals surface area contributed by atoms with Gasteiger partial charge in [0.1, 0.15) is 22.5 Å². The summed E-state index contributed by atoms with van der Waals surface area (Å²) in [6, 6.07) is 44.8. The molecule has 0 spiro atoms. The van der Waals surface area contributed by atoms with Crippen molar-refractivity contribution in [2.75, 3.05) is 93.9 Å². The van der Waals surface area contributed by atoms with E-state index in [-0.39, 0.29) is 195 Å². The Bertz CT molecular complexity index is 6170. The van der Waals surface area contributed by atoms with E-state index in [1.54, 1.807) is 225 Å².